The van der Waals surface area contributed by atoms with Crippen molar-refractivity contribution < 1.29 is 4.74 Å². The highest BCUT2D eigenvalue weighted by Crippen LogP contribution is 2.48. The van der Waals surface area contributed by atoms with Crippen molar-refractivity contribution in [2.75, 3.05) is 0 Å². The first kappa shape index (κ1) is 11.0. The average molecular weight is 208 g/mol. The minimum atomic E-state index is 0.141. The van der Waals surface area contributed by atoms with Gasteiger partial charge >= 0.3 is 0 Å². The Balaban J connectivity index is 2.16. The van der Waals surface area contributed by atoms with Gasteiger partial charge in [0.1, 0.15) is 5.60 Å². The summed E-state index contributed by atoms with van der Waals surface area (Å²) in [5.74, 6) is 0. The zero-order valence-corrected chi connectivity index (χ0v) is 10.2. The molecule has 0 N–H and O–H groups in total. The molecule has 0 aromatic carbocycles. The zero-order chi connectivity index (χ0) is 10.8. The van der Waals surface area contributed by atoms with Crippen LogP contribution < -0.4 is 0 Å². The summed E-state index contributed by atoms with van der Waals surface area (Å²) in [7, 11) is 0. The van der Waals surface area contributed by atoms with Crippen molar-refractivity contribution in [3.8, 4) is 0 Å². The maximum Gasteiger partial charge on any atom is 0.113 e. The van der Waals surface area contributed by atoms with E-state index < -0.39 is 0 Å². The lowest BCUT2D eigenvalue weighted by atomic mass is 9.66. The monoisotopic (exact) mass is 208 g/mol. The Hall–Kier alpha value is -0.460. The summed E-state index contributed by atoms with van der Waals surface area (Å²) in [5.41, 5.74) is 0.460. The first-order valence-electron chi connectivity index (χ1n) is 6.49. The van der Waals surface area contributed by atoms with E-state index in [1.54, 1.807) is 0 Å². The fraction of sp³-hybridized carbons (Fsp3) is 0.857. The zero-order valence-electron chi connectivity index (χ0n) is 10.2. The minimum absolute atomic E-state index is 0.141. The molecule has 1 nitrogen and oxygen atoms in total. The molecule has 1 fully saturated rings. The van der Waals surface area contributed by atoms with Crippen LogP contribution in [0.5, 0.6) is 0 Å². The van der Waals surface area contributed by atoms with E-state index in [1.165, 1.54) is 51.4 Å². The maximum absolute atomic E-state index is 6.08. The molecule has 1 saturated carbocycles. The number of hydrogen-bond donors (Lipinski definition) is 0. The second-order valence-corrected chi connectivity index (χ2v) is 5.84. The molecule has 0 atom stereocenters. The molecule has 1 spiro atoms. The van der Waals surface area contributed by atoms with Crippen LogP contribution >= 0.6 is 0 Å². The average Bonchev–Trinajstić information content (AvgIpc) is 2.14. The van der Waals surface area contributed by atoms with Gasteiger partial charge in [-0.2, -0.15) is 0 Å². The fourth-order valence-electron chi connectivity index (χ4n) is 3.14. The number of hydrogen-bond acceptors (Lipinski definition) is 1. The molecule has 1 heteroatoms. The Labute approximate surface area is 93.9 Å². The van der Waals surface area contributed by atoms with Crippen molar-refractivity contribution in [2.45, 2.75) is 70.8 Å². The van der Waals surface area contributed by atoms with Crippen LogP contribution in [0.4, 0.5) is 0 Å². The highest BCUT2D eigenvalue weighted by atomic mass is 16.5. The van der Waals surface area contributed by atoms with Crippen LogP contribution in [-0.2, 0) is 4.74 Å². The molecule has 0 amide bonds. The van der Waals surface area contributed by atoms with Crippen LogP contribution in [0.1, 0.15) is 65.2 Å². The largest absolute Gasteiger partial charge is 0.495 e. The van der Waals surface area contributed by atoms with Gasteiger partial charge in [-0.1, -0.05) is 33.1 Å². The van der Waals surface area contributed by atoms with Gasteiger partial charge in [-0.25, -0.2) is 0 Å². The van der Waals surface area contributed by atoms with E-state index in [2.05, 4.69) is 19.9 Å². The molecule has 0 saturated heterocycles. The quantitative estimate of drug-likeness (QED) is 0.572. The summed E-state index contributed by atoms with van der Waals surface area (Å²) >= 11 is 0. The summed E-state index contributed by atoms with van der Waals surface area (Å²) in [6.45, 7) is 4.75. The molecule has 0 aromatic rings. The molecule has 15 heavy (non-hydrogen) atoms. The Kier molecular flexibility index (Phi) is 3.08. The van der Waals surface area contributed by atoms with E-state index in [-0.39, 0.29) is 5.60 Å². The molecule has 1 aliphatic carbocycles. The van der Waals surface area contributed by atoms with E-state index >= 15 is 0 Å². The number of rotatable bonds is 0. The SMILES string of the molecule is CC1(C)CC=COC12CCCCCCC2. The number of allylic oxidation sites excluding steroid dienone is 1. The molecule has 0 radical (unpaired) electrons. The molecule has 1 heterocycles. The highest BCUT2D eigenvalue weighted by molar-refractivity contribution is 5.04. The summed E-state index contributed by atoms with van der Waals surface area (Å²) in [6, 6.07) is 0. The molecule has 0 bridgehead atoms. The standard InChI is InChI=1S/C14H24O/c1-13(2)9-8-12-15-14(13)10-6-4-3-5-7-11-14/h8,12H,3-7,9-11H2,1-2H3. The lowest BCUT2D eigenvalue weighted by Gasteiger charge is -2.49. The van der Waals surface area contributed by atoms with Crippen LogP contribution in [0.2, 0.25) is 0 Å². The second kappa shape index (κ2) is 4.19. The van der Waals surface area contributed by atoms with Gasteiger partial charge < -0.3 is 4.74 Å². The van der Waals surface area contributed by atoms with Gasteiger partial charge in [0.15, 0.2) is 0 Å². The molecule has 2 rings (SSSR count). The van der Waals surface area contributed by atoms with E-state index in [9.17, 15) is 0 Å². The molecule has 86 valence electrons. The van der Waals surface area contributed by atoms with E-state index in [0.717, 1.165) is 0 Å². The summed E-state index contributed by atoms with van der Waals surface area (Å²) in [4.78, 5) is 0. The van der Waals surface area contributed by atoms with Gasteiger partial charge in [-0.15, -0.1) is 0 Å². The first-order chi connectivity index (χ1) is 7.16. The minimum Gasteiger partial charge on any atom is -0.495 e. The van der Waals surface area contributed by atoms with Crippen molar-refractivity contribution in [3.05, 3.63) is 12.3 Å². The summed E-state index contributed by atoms with van der Waals surface area (Å²) < 4.78 is 6.08. The predicted octanol–water partition coefficient (Wildman–Crippen LogP) is 4.43. The molecule has 0 unspecified atom stereocenters. The van der Waals surface area contributed by atoms with Gasteiger partial charge in [0.05, 0.1) is 6.26 Å². The third kappa shape index (κ3) is 2.07. The van der Waals surface area contributed by atoms with Gasteiger partial charge in [-0.05, 0) is 38.2 Å². The predicted molar refractivity (Wildman–Crippen MR) is 63.7 cm³/mol. The van der Waals surface area contributed by atoms with Gasteiger partial charge in [-0.3, -0.25) is 0 Å². The van der Waals surface area contributed by atoms with E-state index in [0.29, 0.717) is 5.41 Å². The molecular weight excluding hydrogens is 184 g/mol. The Bertz CT molecular complexity index is 232. The summed E-state index contributed by atoms with van der Waals surface area (Å²) in [6.07, 6.45) is 14.7. The smallest absolute Gasteiger partial charge is 0.113 e. The van der Waals surface area contributed by atoms with Crippen LogP contribution in [0.25, 0.3) is 0 Å². The maximum atomic E-state index is 6.08. The topological polar surface area (TPSA) is 9.23 Å². The lowest BCUT2D eigenvalue weighted by Crippen LogP contribution is -2.47. The molecule has 2 aliphatic rings. The van der Waals surface area contributed by atoms with E-state index in [1.807, 2.05) is 6.26 Å². The van der Waals surface area contributed by atoms with Crippen molar-refractivity contribution in [1.29, 1.82) is 0 Å². The number of ether oxygens (including phenoxy) is 1. The third-order valence-corrected chi connectivity index (χ3v) is 4.41. The van der Waals surface area contributed by atoms with Crippen molar-refractivity contribution in [2.24, 2.45) is 5.41 Å². The summed E-state index contributed by atoms with van der Waals surface area (Å²) in [5, 5.41) is 0. The normalized spacial score (nSPS) is 29.2. The van der Waals surface area contributed by atoms with Crippen LogP contribution in [0.3, 0.4) is 0 Å². The molecule has 1 aliphatic heterocycles. The van der Waals surface area contributed by atoms with Crippen molar-refractivity contribution in [3.63, 3.8) is 0 Å². The van der Waals surface area contributed by atoms with Gasteiger partial charge in [0.25, 0.3) is 0 Å². The van der Waals surface area contributed by atoms with Crippen molar-refractivity contribution >= 4 is 0 Å². The van der Waals surface area contributed by atoms with Gasteiger partial charge in [0, 0.05) is 5.41 Å². The van der Waals surface area contributed by atoms with Crippen LogP contribution in [0.15, 0.2) is 12.3 Å². The highest BCUT2D eigenvalue weighted by Gasteiger charge is 2.46. The van der Waals surface area contributed by atoms with Crippen molar-refractivity contribution in [1.82, 2.24) is 0 Å². The second-order valence-electron chi connectivity index (χ2n) is 5.84. The Morgan fingerprint density at radius 3 is 2.13 bits per heavy atom. The first-order valence-corrected chi connectivity index (χ1v) is 6.49. The van der Waals surface area contributed by atoms with Crippen LogP contribution in [0, 0.1) is 5.41 Å². The molecular formula is C14H24O. The third-order valence-electron chi connectivity index (χ3n) is 4.41. The Morgan fingerprint density at radius 1 is 0.933 bits per heavy atom. The van der Waals surface area contributed by atoms with E-state index in [4.69, 9.17) is 4.74 Å². The fourth-order valence-corrected chi connectivity index (χ4v) is 3.14. The Morgan fingerprint density at radius 2 is 1.53 bits per heavy atom. The molecule has 0 aromatic heterocycles. The lowest BCUT2D eigenvalue weighted by molar-refractivity contribution is -0.104. The van der Waals surface area contributed by atoms with Gasteiger partial charge in [0.2, 0.25) is 0 Å². The van der Waals surface area contributed by atoms with Crippen LogP contribution in [-0.4, -0.2) is 5.60 Å².